The Labute approximate surface area is 450 Å². The Morgan fingerprint density at radius 1 is 0.493 bits per heavy atom. The van der Waals surface area contributed by atoms with Crippen LogP contribution in [-0.2, 0) is 32.5 Å². The third kappa shape index (κ3) is 7.52. The third-order valence-electron chi connectivity index (χ3n) is 17.2. The van der Waals surface area contributed by atoms with Gasteiger partial charge in [0.2, 0.25) is 0 Å². The highest BCUT2D eigenvalue weighted by Gasteiger charge is 2.50. The second-order valence-electron chi connectivity index (χ2n) is 26.1. The molecule has 5 heteroatoms. The smallest absolute Gasteiger partial charge is 0.297 e. The average Bonchev–Trinajstić information content (AvgIpc) is 1.72. The van der Waals surface area contributed by atoms with E-state index in [-0.39, 0.29) is 49.6 Å². The molecule has 0 spiro atoms. The zero-order valence-electron chi connectivity index (χ0n) is 55.2. The molecule has 3 heterocycles. The fourth-order valence-corrected chi connectivity index (χ4v) is 12.6. The molecule has 0 fully saturated rings. The molecular weight excluding hydrogens is 886 g/mol. The highest BCUT2D eigenvalue weighted by atomic mass is 16.3. The van der Waals surface area contributed by atoms with Gasteiger partial charge in [-0.2, -0.15) is 0 Å². The van der Waals surface area contributed by atoms with E-state index >= 15 is 0 Å². The van der Waals surface area contributed by atoms with E-state index in [1.165, 1.54) is 27.2 Å². The minimum Gasteiger partial charge on any atom is -0.468 e. The Morgan fingerprint density at radius 2 is 0.986 bits per heavy atom. The minimum absolute atomic E-state index is 0.0932. The monoisotopic (exact) mass is 970 g/mol. The number of benzene rings is 7. The van der Waals surface area contributed by atoms with Crippen molar-refractivity contribution in [3.8, 4) is 0 Å². The summed E-state index contributed by atoms with van der Waals surface area (Å²) in [5.41, 5.74) is 13.9. The van der Waals surface area contributed by atoms with Crippen LogP contribution in [0.1, 0.15) is 170 Å². The molecule has 0 radical (unpaired) electrons. The molecule has 2 aliphatic carbocycles. The number of hydrogen-bond acceptors (Lipinski definition) is 4. The Kier molecular flexibility index (Phi) is 8.19. The molecule has 7 aromatic carbocycles. The van der Waals surface area contributed by atoms with Crippen molar-refractivity contribution >= 4 is 85.5 Å². The fraction of sp³-hybridized carbons (Fsp3) is 0.353. The van der Waals surface area contributed by atoms with Crippen molar-refractivity contribution in [1.29, 1.82) is 0 Å². The van der Waals surface area contributed by atoms with E-state index < -0.39 is 67.1 Å². The Morgan fingerprint density at radius 3 is 1.55 bits per heavy atom. The van der Waals surface area contributed by atoms with Gasteiger partial charge in [-0.25, -0.2) is 0 Å². The van der Waals surface area contributed by atoms with Gasteiger partial charge in [0, 0.05) is 45.2 Å². The zero-order chi connectivity index (χ0) is 60.1. The lowest BCUT2D eigenvalue weighted by Gasteiger charge is -2.47. The standard InChI is InChI=1S/C68H74BN3O/c1-63(2,3)43-25-28-47(29-26-43)72-58-40-49(70(45-21-17-15-18-22-45)46-23-19-16-20-24-46)39-57-60(58)69(62-61(72)50-37-44(64(4,5)6)27-32-59(50)73-62)55-41-53-54(68(13,14)36-35-67(53,11)12)42-56(55)71(57)48-30-31-51-52(38-48)66(9,10)34-33-65(51,7)8/h15-32,37-42H,33-36H2,1-14H3/i15D,16D,17D,18D,19D,20D,21D,22D,23D,24D. The van der Waals surface area contributed by atoms with Crippen molar-refractivity contribution in [2.24, 2.45) is 0 Å². The molecule has 4 nitrogen and oxygen atoms in total. The van der Waals surface area contributed by atoms with Crippen LogP contribution in [0.15, 0.2) is 150 Å². The summed E-state index contributed by atoms with van der Waals surface area (Å²) < 4.78 is 100.0. The summed E-state index contributed by atoms with van der Waals surface area (Å²) in [6.07, 6.45) is 3.98. The minimum atomic E-state index is -0.632. The van der Waals surface area contributed by atoms with Gasteiger partial charge < -0.3 is 19.1 Å². The lowest BCUT2D eigenvalue weighted by molar-refractivity contribution is 0.332. The van der Waals surface area contributed by atoms with E-state index in [1.54, 1.807) is 0 Å². The third-order valence-corrected chi connectivity index (χ3v) is 17.2. The summed E-state index contributed by atoms with van der Waals surface area (Å²) in [6, 6.07) is 24.4. The SMILES string of the molecule is [2H]c1c([2H])c([2H])c(N(c2cc3c4c(c2)N(c2ccc(C(C)(C)C)cc2)c2c(oc5ccc(C(C)(C)C)cc25)B4c2cc4c(cc2N3c2ccc3c(c2)C(C)(C)CCC3(C)C)C(C)(C)CCC4(C)C)c2c([2H])c([2H])c([2H])c([2H])c2[2H])c([2H])c1[2H]. The maximum atomic E-state index is 9.65. The van der Waals surface area contributed by atoms with Crippen molar-refractivity contribution in [3.63, 3.8) is 0 Å². The van der Waals surface area contributed by atoms with Crippen LogP contribution in [0.25, 0.3) is 11.0 Å². The van der Waals surface area contributed by atoms with Crippen LogP contribution in [0.4, 0.5) is 51.2 Å². The number of rotatable bonds is 5. The van der Waals surface area contributed by atoms with E-state index in [4.69, 9.17) is 12.6 Å². The largest absolute Gasteiger partial charge is 0.468 e. The number of nitrogens with zero attached hydrogens (tertiary/aromatic N) is 3. The maximum absolute atomic E-state index is 9.65. The average molecular weight is 970 g/mol. The topological polar surface area (TPSA) is 22.9 Å². The van der Waals surface area contributed by atoms with Crippen molar-refractivity contribution < 1.29 is 18.1 Å². The van der Waals surface area contributed by atoms with Gasteiger partial charge in [0.25, 0.3) is 6.71 Å². The number of hydrogen-bond donors (Lipinski definition) is 0. The Hall–Kier alpha value is -6.46. The van der Waals surface area contributed by atoms with E-state index in [0.717, 1.165) is 81.5 Å². The molecule has 370 valence electrons. The number of para-hydroxylation sites is 2. The van der Waals surface area contributed by atoms with Crippen LogP contribution in [0.2, 0.25) is 0 Å². The van der Waals surface area contributed by atoms with Crippen molar-refractivity contribution in [3.05, 3.63) is 179 Å². The highest BCUT2D eigenvalue weighted by molar-refractivity contribution is 7.00. The van der Waals surface area contributed by atoms with Gasteiger partial charge >= 0.3 is 0 Å². The quantitative estimate of drug-likeness (QED) is 0.160. The Bertz CT molecular complexity index is 3980. The molecule has 1 aromatic heterocycles. The lowest BCUT2D eigenvalue weighted by atomic mass is 9.35. The summed E-state index contributed by atoms with van der Waals surface area (Å²) in [5.74, 6) is 0. The summed E-state index contributed by atoms with van der Waals surface area (Å²) >= 11 is 0. The summed E-state index contributed by atoms with van der Waals surface area (Å²) in [5, 5.41) is 0.890. The second kappa shape index (κ2) is 16.0. The van der Waals surface area contributed by atoms with Crippen LogP contribution in [0.5, 0.6) is 0 Å². The summed E-state index contributed by atoms with van der Waals surface area (Å²) in [6.45, 7) is 31.3. The van der Waals surface area contributed by atoms with Gasteiger partial charge in [0.05, 0.1) is 30.7 Å². The van der Waals surface area contributed by atoms with Crippen LogP contribution in [-0.4, -0.2) is 6.71 Å². The van der Waals surface area contributed by atoms with Gasteiger partial charge in [0.15, 0.2) is 0 Å². The highest BCUT2D eigenvalue weighted by Crippen LogP contribution is 2.55. The molecule has 0 amide bonds. The first-order valence-electron chi connectivity index (χ1n) is 31.3. The zero-order valence-corrected chi connectivity index (χ0v) is 45.2. The van der Waals surface area contributed by atoms with Crippen LogP contribution in [0, 0.1) is 0 Å². The first kappa shape index (κ1) is 37.3. The maximum Gasteiger partial charge on any atom is 0.297 e. The van der Waals surface area contributed by atoms with Crippen LogP contribution >= 0.6 is 0 Å². The number of fused-ring (bicyclic) bond motifs is 8. The fourth-order valence-electron chi connectivity index (χ4n) is 12.6. The van der Waals surface area contributed by atoms with Gasteiger partial charge in [-0.1, -0.05) is 164 Å². The van der Waals surface area contributed by atoms with Gasteiger partial charge in [-0.15, -0.1) is 0 Å². The first-order valence-corrected chi connectivity index (χ1v) is 26.3. The number of furan rings is 1. The molecule has 0 atom stereocenters. The molecule has 0 saturated carbocycles. The van der Waals surface area contributed by atoms with Crippen molar-refractivity contribution in [2.45, 2.75) is 155 Å². The summed E-state index contributed by atoms with van der Waals surface area (Å²) in [7, 11) is 0. The second-order valence-corrected chi connectivity index (χ2v) is 26.1. The molecule has 2 aliphatic heterocycles. The van der Waals surface area contributed by atoms with Crippen LogP contribution < -0.4 is 31.3 Å². The van der Waals surface area contributed by atoms with Crippen LogP contribution in [0.3, 0.4) is 0 Å². The van der Waals surface area contributed by atoms with Gasteiger partial charge in [-0.05, 0) is 181 Å². The van der Waals surface area contributed by atoms with Gasteiger partial charge in [0.1, 0.15) is 5.58 Å². The van der Waals surface area contributed by atoms with E-state index in [0.29, 0.717) is 17.0 Å². The van der Waals surface area contributed by atoms with Crippen molar-refractivity contribution in [1.82, 2.24) is 0 Å². The van der Waals surface area contributed by atoms with Crippen molar-refractivity contribution in [2.75, 3.05) is 14.7 Å². The predicted octanol–water partition coefficient (Wildman–Crippen LogP) is 17.3. The van der Waals surface area contributed by atoms with Gasteiger partial charge in [-0.3, -0.25) is 0 Å². The number of anilines is 9. The van der Waals surface area contributed by atoms with E-state index in [2.05, 4.69) is 180 Å². The van der Waals surface area contributed by atoms with E-state index in [1.807, 2.05) is 12.1 Å². The first-order chi connectivity index (χ1) is 38.6. The normalized spacial score (nSPS) is 19.8. The molecule has 4 aliphatic rings. The van der Waals surface area contributed by atoms with E-state index in [9.17, 15) is 5.48 Å². The lowest BCUT2D eigenvalue weighted by Crippen LogP contribution is -2.61. The molecule has 12 rings (SSSR count). The molecule has 0 bridgehead atoms. The molecule has 0 N–H and O–H groups in total. The Balaban J connectivity index is 1.31. The summed E-state index contributed by atoms with van der Waals surface area (Å²) in [4.78, 5) is 5.88. The molecule has 73 heavy (non-hydrogen) atoms. The molecule has 8 aromatic rings. The molecular formula is C68H74BN3O. The molecule has 0 unspecified atom stereocenters. The molecule has 0 saturated heterocycles. The predicted molar refractivity (Wildman–Crippen MR) is 313 cm³/mol.